The Morgan fingerprint density at radius 2 is 2.32 bits per heavy atom. The van der Waals surface area contributed by atoms with E-state index < -0.39 is 0 Å². The molecular weight excluding hydrogens is 328 g/mol. The van der Waals surface area contributed by atoms with Crippen LogP contribution >= 0.6 is 27.3 Å². The van der Waals surface area contributed by atoms with Crippen LogP contribution in [0.5, 0.6) is 5.75 Å². The van der Waals surface area contributed by atoms with Crippen molar-refractivity contribution in [2.45, 2.75) is 13.0 Å². The molecule has 100 valence electrons. The van der Waals surface area contributed by atoms with Crippen LogP contribution in [0.3, 0.4) is 0 Å². The molecule has 1 amide bonds. The summed E-state index contributed by atoms with van der Waals surface area (Å²) in [7, 11) is 1.57. The molecule has 0 aliphatic heterocycles. The van der Waals surface area contributed by atoms with Crippen molar-refractivity contribution in [1.29, 1.82) is 0 Å². The van der Waals surface area contributed by atoms with Crippen LogP contribution < -0.4 is 10.1 Å². The number of hydrogen-bond donors (Lipinski definition) is 1. The highest BCUT2D eigenvalue weighted by atomic mass is 79.9. The molecule has 1 heterocycles. The quantitative estimate of drug-likeness (QED) is 0.927. The average molecular weight is 341 g/mol. The summed E-state index contributed by atoms with van der Waals surface area (Å²) in [5.74, 6) is 0.490. The number of carbonyl (C=O) groups is 1. The number of ether oxygens (including phenoxy) is 1. The average Bonchev–Trinajstić information content (AvgIpc) is 2.93. The Morgan fingerprint density at radius 1 is 1.53 bits per heavy atom. The van der Waals surface area contributed by atoms with Gasteiger partial charge in [0.05, 0.1) is 18.7 Å². The van der Waals surface area contributed by atoms with Crippen molar-refractivity contribution in [3.8, 4) is 5.75 Å². The van der Waals surface area contributed by atoms with Crippen LogP contribution in [-0.2, 0) is 0 Å². The maximum absolute atomic E-state index is 12.2. The molecule has 6 heteroatoms. The van der Waals surface area contributed by atoms with Crippen LogP contribution in [0.1, 0.15) is 28.3 Å². The van der Waals surface area contributed by atoms with Gasteiger partial charge in [-0.1, -0.05) is 0 Å². The molecule has 0 spiro atoms. The zero-order chi connectivity index (χ0) is 13.8. The smallest absolute Gasteiger partial charge is 0.253 e. The Labute approximate surface area is 124 Å². The lowest BCUT2D eigenvalue weighted by molar-refractivity contribution is 0.0938. The molecule has 0 aliphatic rings. The van der Waals surface area contributed by atoms with Gasteiger partial charge in [-0.3, -0.25) is 4.79 Å². The topological polar surface area (TPSA) is 51.2 Å². The molecule has 1 N–H and O–H groups in total. The number of carbonyl (C=O) groups excluding carboxylic acids is 1. The normalized spacial score (nSPS) is 11.9. The number of hydrogen-bond acceptors (Lipinski definition) is 4. The van der Waals surface area contributed by atoms with Gasteiger partial charge < -0.3 is 10.1 Å². The highest BCUT2D eigenvalue weighted by molar-refractivity contribution is 9.10. The van der Waals surface area contributed by atoms with Gasteiger partial charge in [0, 0.05) is 16.0 Å². The van der Waals surface area contributed by atoms with E-state index >= 15 is 0 Å². The summed E-state index contributed by atoms with van der Waals surface area (Å²) in [5, 5.41) is 5.68. The maximum atomic E-state index is 12.2. The van der Waals surface area contributed by atoms with Crippen LogP contribution in [0.2, 0.25) is 0 Å². The van der Waals surface area contributed by atoms with Crippen molar-refractivity contribution < 1.29 is 9.53 Å². The summed E-state index contributed by atoms with van der Waals surface area (Å²) in [5.41, 5.74) is 0.544. The summed E-state index contributed by atoms with van der Waals surface area (Å²) in [4.78, 5) is 16.4. The van der Waals surface area contributed by atoms with Crippen molar-refractivity contribution >= 4 is 33.2 Å². The van der Waals surface area contributed by atoms with E-state index in [2.05, 4.69) is 26.2 Å². The number of benzene rings is 1. The summed E-state index contributed by atoms with van der Waals surface area (Å²) in [6, 6.07) is 5.17. The predicted molar refractivity (Wildman–Crippen MR) is 78.7 cm³/mol. The molecule has 0 aliphatic carbocycles. The number of amides is 1. The lowest BCUT2D eigenvalue weighted by atomic mass is 10.2. The highest BCUT2D eigenvalue weighted by Crippen LogP contribution is 2.23. The molecule has 2 rings (SSSR count). The minimum Gasteiger partial charge on any atom is -0.497 e. The second kappa shape index (κ2) is 6.16. The van der Waals surface area contributed by atoms with Gasteiger partial charge in [-0.15, -0.1) is 11.3 Å². The number of nitrogens with one attached hydrogen (secondary N) is 1. The molecule has 1 unspecified atom stereocenters. The highest BCUT2D eigenvalue weighted by Gasteiger charge is 2.16. The first kappa shape index (κ1) is 14.0. The standard InChI is InChI=1S/C13H13BrN2O2S/c1-8(13-15-5-6-19-13)16-12(17)10-7-9(18-2)3-4-11(10)14/h3-8H,1-2H3,(H,16,17). The van der Waals surface area contributed by atoms with Gasteiger partial charge >= 0.3 is 0 Å². The zero-order valence-electron chi connectivity index (χ0n) is 10.5. The van der Waals surface area contributed by atoms with Gasteiger partial charge in [-0.2, -0.15) is 0 Å². The van der Waals surface area contributed by atoms with Gasteiger partial charge in [-0.25, -0.2) is 4.98 Å². The Bertz CT molecular complexity index is 572. The summed E-state index contributed by atoms with van der Waals surface area (Å²) in [6.45, 7) is 1.91. The van der Waals surface area contributed by atoms with Crippen molar-refractivity contribution in [2.24, 2.45) is 0 Å². The second-order valence-electron chi connectivity index (χ2n) is 3.91. The first-order valence-electron chi connectivity index (χ1n) is 5.65. The van der Waals surface area contributed by atoms with Crippen LogP contribution in [0.25, 0.3) is 0 Å². The Kier molecular flexibility index (Phi) is 4.55. The number of halogens is 1. The van der Waals surface area contributed by atoms with E-state index in [1.54, 1.807) is 31.5 Å². The Balaban J connectivity index is 2.16. The minimum absolute atomic E-state index is 0.120. The van der Waals surface area contributed by atoms with Crippen molar-refractivity contribution in [1.82, 2.24) is 10.3 Å². The lowest BCUT2D eigenvalue weighted by Gasteiger charge is -2.13. The Hall–Kier alpha value is -1.40. The summed E-state index contributed by atoms with van der Waals surface area (Å²) >= 11 is 4.89. The van der Waals surface area contributed by atoms with Crippen LogP contribution in [0.15, 0.2) is 34.2 Å². The van der Waals surface area contributed by atoms with Crippen molar-refractivity contribution in [3.63, 3.8) is 0 Å². The summed E-state index contributed by atoms with van der Waals surface area (Å²) in [6.07, 6.45) is 1.73. The SMILES string of the molecule is COc1ccc(Br)c(C(=O)NC(C)c2nccs2)c1. The van der Waals surface area contributed by atoms with Crippen molar-refractivity contribution in [3.05, 3.63) is 44.8 Å². The van der Waals surface area contributed by atoms with E-state index in [-0.39, 0.29) is 11.9 Å². The van der Waals surface area contributed by atoms with E-state index in [0.717, 1.165) is 9.48 Å². The van der Waals surface area contributed by atoms with Crippen LogP contribution in [0, 0.1) is 0 Å². The fourth-order valence-electron chi connectivity index (χ4n) is 1.59. The first-order valence-corrected chi connectivity index (χ1v) is 7.33. The zero-order valence-corrected chi connectivity index (χ0v) is 12.9. The van der Waals surface area contributed by atoms with E-state index in [1.165, 1.54) is 11.3 Å². The number of thiazole rings is 1. The molecule has 1 aromatic carbocycles. The van der Waals surface area contributed by atoms with E-state index in [1.807, 2.05) is 12.3 Å². The lowest BCUT2D eigenvalue weighted by Crippen LogP contribution is -2.26. The van der Waals surface area contributed by atoms with Gasteiger partial charge in [0.1, 0.15) is 10.8 Å². The summed E-state index contributed by atoms with van der Waals surface area (Å²) < 4.78 is 5.86. The van der Waals surface area contributed by atoms with Gasteiger partial charge in [-0.05, 0) is 41.1 Å². The maximum Gasteiger partial charge on any atom is 0.253 e. The molecule has 1 atom stereocenters. The largest absolute Gasteiger partial charge is 0.497 e. The molecule has 19 heavy (non-hydrogen) atoms. The molecule has 0 saturated carbocycles. The second-order valence-corrected chi connectivity index (χ2v) is 5.69. The van der Waals surface area contributed by atoms with E-state index in [4.69, 9.17) is 4.74 Å². The fraction of sp³-hybridized carbons (Fsp3) is 0.231. The van der Waals surface area contributed by atoms with Crippen molar-refractivity contribution in [2.75, 3.05) is 7.11 Å². The Morgan fingerprint density at radius 3 is 2.95 bits per heavy atom. The van der Waals surface area contributed by atoms with Gasteiger partial charge in [0.2, 0.25) is 0 Å². The molecular formula is C13H13BrN2O2S. The molecule has 0 radical (unpaired) electrons. The molecule has 0 saturated heterocycles. The number of rotatable bonds is 4. The van der Waals surface area contributed by atoms with Gasteiger partial charge in [0.25, 0.3) is 5.91 Å². The molecule has 0 fully saturated rings. The number of aromatic nitrogens is 1. The molecule has 1 aromatic heterocycles. The first-order chi connectivity index (χ1) is 9.11. The number of nitrogens with zero attached hydrogens (tertiary/aromatic N) is 1. The predicted octanol–water partition coefficient (Wildman–Crippen LogP) is 3.41. The minimum atomic E-state index is -0.159. The van der Waals surface area contributed by atoms with Crippen LogP contribution in [0.4, 0.5) is 0 Å². The molecule has 0 bridgehead atoms. The van der Waals surface area contributed by atoms with Crippen LogP contribution in [-0.4, -0.2) is 18.0 Å². The fourth-order valence-corrected chi connectivity index (χ4v) is 2.66. The van der Waals surface area contributed by atoms with E-state index in [0.29, 0.717) is 11.3 Å². The monoisotopic (exact) mass is 340 g/mol. The third-order valence-electron chi connectivity index (χ3n) is 2.59. The number of methoxy groups -OCH3 is 1. The third kappa shape index (κ3) is 3.33. The third-order valence-corrected chi connectivity index (χ3v) is 4.24. The molecule has 4 nitrogen and oxygen atoms in total. The van der Waals surface area contributed by atoms with Gasteiger partial charge in [0.15, 0.2) is 0 Å². The van der Waals surface area contributed by atoms with E-state index in [9.17, 15) is 4.79 Å². The molecule has 2 aromatic rings.